The Kier molecular flexibility index (Phi) is 5.12. The first-order valence-corrected chi connectivity index (χ1v) is 8.37. The van der Waals surface area contributed by atoms with Crippen molar-refractivity contribution in [1.29, 1.82) is 0 Å². The van der Waals surface area contributed by atoms with Crippen molar-refractivity contribution in [2.75, 3.05) is 5.32 Å². The summed E-state index contributed by atoms with van der Waals surface area (Å²) in [4.78, 5) is 24.7. The van der Waals surface area contributed by atoms with E-state index in [4.69, 9.17) is 0 Å². The van der Waals surface area contributed by atoms with Gasteiger partial charge in [0.15, 0.2) is 5.13 Å². The topological polar surface area (TPSA) is 79.8 Å². The van der Waals surface area contributed by atoms with E-state index in [2.05, 4.69) is 25.6 Å². The van der Waals surface area contributed by atoms with Gasteiger partial charge in [-0.3, -0.25) is 9.78 Å². The van der Waals surface area contributed by atoms with Crippen molar-refractivity contribution in [3.8, 4) is 0 Å². The van der Waals surface area contributed by atoms with Crippen LogP contribution in [-0.2, 0) is 17.8 Å². The zero-order chi connectivity index (χ0) is 16.8. The third kappa shape index (κ3) is 4.60. The summed E-state index contributed by atoms with van der Waals surface area (Å²) in [6.45, 7) is 2.47. The van der Waals surface area contributed by atoms with Gasteiger partial charge in [-0.15, -0.1) is 11.3 Å². The van der Waals surface area contributed by atoms with E-state index in [1.807, 2.05) is 36.6 Å². The summed E-state index contributed by atoms with van der Waals surface area (Å²) >= 11 is 1.45. The average molecular weight is 339 g/mol. The highest BCUT2D eigenvalue weighted by Gasteiger charge is 2.08. The van der Waals surface area contributed by atoms with Crippen LogP contribution in [0.4, 0.5) is 10.9 Å². The van der Waals surface area contributed by atoms with E-state index < -0.39 is 0 Å². The summed E-state index contributed by atoms with van der Waals surface area (Å²) in [5, 5.41) is 8.62. The molecule has 24 heavy (non-hydrogen) atoms. The Balaban J connectivity index is 1.53. The van der Waals surface area contributed by atoms with E-state index in [1.54, 1.807) is 18.6 Å². The minimum absolute atomic E-state index is 0.0654. The molecule has 0 aliphatic rings. The van der Waals surface area contributed by atoms with E-state index >= 15 is 0 Å². The van der Waals surface area contributed by atoms with Gasteiger partial charge < -0.3 is 10.6 Å². The first-order chi connectivity index (χ1) is 11.7. The maximum atomic E-state index is 12.0. The molecule has 3 rings (SSSR count). The molecule has 3 heterocycles. The predicted octanol–water partition coefficient (Wildman–Crippen LogP) is 2.84. The lowest BCUT2D eigenvalue weighted by atomic mass is 10.2. The Morgan fingerprint density at radius 2 is 2.21 bits per heavy atom. The third-order valence-corrected chi connectivity index (χ3v) is 4.06. The Morgan fingerprint density at radius 1 is 1.29 bits per heavy atom. The lowest BCUT2D eigenvalue weighted by Crippen LogP contribution is -2.24. The number of amides is 1. The number of pyridine rings is 2. The van der Waals surface area contributed by atoms with Crippen molar-refractivity contribution in [2.45, 2.75) is 19.9 Å². The Hall–Kier alpha value is -2.80. The summed E-state index contributed by atoms with van der Waals surface area (Å²) in [5.74, 6) is 0.682. The van der Waals surface area contributed by atoms with Crippen molar-refractivity contribution >= 4 is 28.2 Å². The molecule has 0 aliphatic heterocycles. The largest absolute Gasteiger partial charge is 0.352 e. The molecule has 0 saturated carbocycles. The number of carbonyl (C=O) groups excluding carboxylic acids is 1. The molecule has 0 spiro atoms. The van der Waals surface area contributed by atoms with E-state index in [-0.39, 0.29) is 12.3 Å². The van der Waals surface area contributed by atoms with Crippen LogP contribution < -0.4 is 10.6 Å². The molecule has 3 aromatic rings. The van der Waals surface area contributed by atoms with Gasteiger partial charge in [0, 0.05) is 30.5 Å². The first kappa shape index (κ1) is 16.1. The standard InChI is InChI=1S/C17H17N5OS/c1-12-4-6-19-15(7-12)22-17-21-14(11-24-17)8-16(23)20-10-13-3-2-5-18-9-13/h2-7,9,11H,8,10H2,1H3,(H,20,23)(H,19,21,22). The van der Waals surface area contributed by atoms with E-state index in [0.717, 1.165) is 27.8 Å². The molecule has 0 aromatic carbocycles. The van der Waals surface area contributed by atoms with Crippen molar-refractivity contribution in [2.24, 2.45) is 0 Å². The van der Waals surface area contributed by atoms with Crippen LogP contribution in [0.15, 0.2) is 48.2 Å². The highest BCUT2D eigenvalue weighted by molar-refractivity contribution is 7.13. The number of thiazole rings is 1. The number of aromatic nitrogens is 3. The lowest BCUT2D eigenvalue weighted by molar-refractivity contribution is -0.120. The fourth-order valence-corrected chi connectivity index (χ4v) is 2.81. The smallest absolute Gasteiger partial charge is 0.226 e. The van der Waals surface area contributed by atoms with Gasteiger partial charge in [0.25, 0.3) is 0 Å². The molecule has 0 aliphatic carbocycles. The van der Waals surface area contributed by atoms with E-state index in [1.165, 1.54) is 11.3 Å². The highest BCUT2D eigenvalue weighted by atomic mass is 32.1. The van der Waals surface area contributed by atoms with Gasteiger partial charge in [-0.1, -0.05) is 6.07 Å². The minimum atomic E-state index is -0.0654. The summed E-state index contributed by atoms with van der Waals surface area (Å²) in [5.41, 5.74) is 2.83. The molecule has 0 bridgehead atoms. The van der Waals surface area contributed by atoms with Crippen molar-refractivity contribution < 1.29 is 4.79 Å². The zero-order valence-electron chi connectivity index (χ0n) is 13.2. The number of aryl methyl sites for hydroxylation is 1. The normalized spacial score (nSPS) is 10.4. The quantitative estimate of drug-likeness (QED) is 0.722. The molecule has 6 nitrogen and oxygen atoms in total. The number of nitrogens with zero attached hydrogens (tertiary/aromatic N) is 3. The Labute approximate surface area is 144 Å². The number of anilines is 2. The van der Waals surface area contributed by atoms with Crippen molar-refractivity contribution in [3.05, 3.63) is 65.1 Å². The fourth-order valence-electron chi connectivity index (χ4n) is 2.09. The van der Waals surface area contributed by atoms with Crippen LogP contribution in [0.3, 0.4) is 0 Å². The monoisotopic (exact) mass is 339 g/mol. The third-order valence-electron chi connectivity index (χ3n) is 3.26. The second-order valence-corrected chi connectivity index (χ2v) is 6.16. The second kappa shape index (κ2) is 7.65. The average Bonchev–Trinajstić information content (AvgIpc) is 3.01. The number of hydrogen-bond donors (Lipinski definition) is 2. The summed E-state index contributed by atoms with van der Waals surface area (Å²) in [7, 11) is 0. The summed E-state index contributed by atoms with van der Waals surface area (Å²) in [6.07, 6.45) is 5.44. The zero-order valence-corrected chi connectivity index (χ0v) is 14.0. The number of nitrogens with one attached hydrogen (secondary N) is 2. The highest BCUT2D eigenvalue weighted by Crippen LogP contribution is 2.20. The van der Waals surface area contributed by atoms with Gasteiger partial charge in [0.2, 0.25) is 5.91 Å². The first-order valence-electron chi connectivity index (χ1n) is 7.49. The van der Waals surface area contributed by atoms with Crippen LogP contribution in [0.2, 0.25) is 0 Å². The maximum Gasteiger partial charge on any atom is 0.226 e. The molecule has 7 heteroatoms. The van der Waals surface area contributed by atoms with Crippen LogP contribution in [0, 0.1) is 6.92 Å². The summed E-state index contributed by atoms with van der Waals surface area (Å²) < 4.78 is 0. The van der Waals surface area contributed by atoms with Crippen LogP contribution >= 0.6 is 11.3 Å². The molecule has 0 saturated heterocycles. The van der Waals surface area contributed by atoms with Crippen LogP contribution in [-0.4, -0.2) is 20.9 Å². The fraction of sp³-hybridized carbons (Fsp3) is 0.176. The predicted molar refractivity (Wildman–Crippen MR) is 94.2 cm³/mol. The maximum absolute atomic E-state index is 12.0. The van der Waals surface area contributed by atoms with Gasteiger partial charge in [0.1, 0.15) is 5.82 Å². The van der Waals surface area contributed by atoms with Crippen molar-refractivity contribution in [3.63, 3.8) is 0 Å². The van der Waals surface area contributed by atoms with Crippen LogP contribution in [0.1, 0.15) is 16.8 Å². The lowest BCUT2D eigenvalue weighted by Gasteiger charge is -2.04. The number of hydrogen-bond acceptors (Lipinski definition) is 6. The molecule has 0 atom stereocenters. The van der Waals surface area contributed by atoms with E-state index in [9.17, 15) is 4.79 Å². The van der Waals surface area contributed by atoms with Crippen LogP contribution in [0.5, 0.6) is 0 Å². The van der Waals surface area contributed by atoms with Gasteiger partial charge in [0.05, 0.1) is 12.1 Å². The molecule has 0 unspecified atom stereocenters. The van der Waals surface area contributed by atoms with Gasteiger partial charge in [-0.05, 0) is 36.2 Å². The molecular weight excluding hydrogens is 322 g/mol. The molecular formula is C17H17N5OS. The molecule has 0 fully saturated rings. The van der Waals surface area contributed by atoms with Gasteiger partial charge >= 0.3 is 0 Å². The SMILES string of the molecule is Cc1ccnc(Nc2nc(CC(=O)NCc3cccnc3)cs2)c1. The second-order valence-electron chi connectivity index (χ2n) is 5.30. The Bertz CT molecular complexity index is 819. The molecule has 1 amide bonds. The van der Waals surface area contributed by atoms with E-state index in [0.29, 0.717) is 6.54 Å². The Morgan fingerprint density at radius 3 is 3.00 bits per heavy atom. The van der Waals surface area contributed by atoms with Gasteiger partial charge in [-0.2, -0.15) is 0 Å². The van der Waals surface area contributed by atoms with Crippen molar-refractivity contribution in [1.82, 2.24) is 20.3 Å². The number of rotatable bonds is 6. The minimum Gasteiger partial charge on any atom is -0.352 e. The molecule has 122 valence electrons. The molecule has 0 radical (unpaired) electrons. The number of carbonyl (C=O) groups is 1. The summed E-state index contributed by atoms with van der Waals surface area (Å²) in [6, 6.07) is 7.65. The molecule has 3 aromatic heterocycles. The molecule has 2 N–H and O–H groups in total. The van der Waals surface area contributed by atoms with Crippen LogP contribution in [0.25, 0.3) is 0 Å². The van der Waals surface area contributed by atoms with Gasteiger partial charge in [-0.25, -0.2) is 9.97 Å².